The quantitative estimate of drug-likeness (QED) is 0.328. The van der Waals surface area contributed by atoms with Crippen LogP contribution in [0.25, 0.3) is 0 Å². The van der Waals surface area contributed by atoms with Crippen LogP contribution in [0, 0.1) is 9.81 Å². The highest BCUT2D eigenvalue weighted by Crippen LogP contribution is 2.10. The highest BCUT2D eigenvalue weighted by molar-refractivity contribution is 4.48. The molecule has 0 heterocycles. The van der Waals surface area contributed by atoms with Gasteiger partial charge in [-0.1, -0.05) is 0 Å². The minimum atomic E-state index is -1.36. The summed E-state index contributed by atoms with van der Waals surface area (Å²) in [6, 6.07) is 0. The van der Waals surface area contributed by atoms with Crippen LogP contribution in [0.1, 0.15) is 13.8 Å². The summed E-state index contributed by atoms with van der Waals surface area (Å²) in [6.07, 6.45) is 0. The van der Waals surface area contributed by atoms with E-state index in [0.717, 1.165) is 0 Å². The molecule has 6 nitrogen and oxygen atoms in total. The monoisotopic (exact) mass is 134 g/mol. The van der Waals surface area contributed by atoms with Gasteiger partial charge in [0.25, 0.3) is 5.79 Å². The molecular weight excluding hydrogens is 128 g/mol. The lowest BCUT2D eigenvalue weighted by molar-refractivity contribution is -0.216. The van der Waals surface area contributed by atoms with Gasteiger partial charge in [-0.05, 0) is 0 Å². The van der Waals surface area contributed by atoms with Crippen LogP contribution in [-0.4, -0.2) is 5.79 Å². The topological polar surface area (TPSA) is 77.3 Å². The molecule has 0 saturated heterocycles. The van der Waals surface area contributed by atoms with Gasteiger partial charge in [-0.2, -0.15) is 0 Å². The van der Waals surface area contributed by atoms with E-state index >= 15 is 0 Å². The molecular formula is C3H6N2O4. The molecule has 0 spiro atoms. The Bertz CT molecular complexity index is 100. The van der Waals surface area contributed by atoms with Crippen LogP contribution in [-0.2, 0) is 9.68 Å². The normalized spacial score (nSPS) is 10.0. The Morgan fingerprint density at radius 3 is 1.67 bits per heavy atom. The Morgan fingerprint density at radius 1 is 1.11 bits per heavy atom. The second-order valence-electron chi connectivity index (χ2n) is 1.73. The van der Waals surface area contributed by atoms with E-state index in [0.29, 0.717) is 0 Å². The van der Waals surface area contributed by atoms with Crippen molar-refractivity contribution in [3.05, 3.63) is 9.81 Å². The first-order chi connectivity index (χ1) is 4.12. The van der Waals surface area contributed by atoms with Crippen molar-refractivity contribution in [2.24, 2.45) is 10.7 Å². The molecule has 0 bridgehead atoms. The highest BCUT2D eigenvalue weighted by atomic mass is 16.9. The Kier molecular flexibility index (Phi) is 2.56. The van der Waals surface area contributed by atoms with Gasteiger partial charge >= 0.3 is 0 Å². The van der Waals surface area contributed by atoms with Crippen LogP contribution in [0.5, 0.6) is 0 Å². The summed E-state index contributed by atoms with van der Waals surface area (Å²) < 4.78 is 0. The molecule has 0 aliphatic heterocycles. The zero-order valence-corrected chi connectivity index (χ0v) is 5.03. The molecule has 0 aromatic rings. The lowest BCUT2D eigenvalue weighted by Gasteiger charge is -2.13. The number of hydrogen-bond acceptors (Lipinski definition) is 6. The predicted octanol–water partition coefficient (Wildman–Crippen LogP) is 1.12. The number of nitrogens with zero attached hydrogens (tertiary/aromatic N) is 2. The van der Waals surface area contributed by atoms with Crippen LogP contribution in [0.4, 0.5) is 0 Å². The fourth-order valence-corrected chi connectivity index (χ4v) is 0.196. The van der Waals surface area contributed by atoms with E-state index in [1.54, 1.807) is 0 Å². The van der Waals surface area contributed by atoms with Gasteiger partial charge in [0, 0.05) is 13.8 Å². The summed E-state index contributed by atoms with van der Waals surface area (Å²) in [5.41, 5.74) is 0. The molecule has 9 heavy (non-hydrogen) atoms. The fourth-order valence-electron chi connectivity index (χ4n) is 0.196. The second kappa shape index (κ2) is 2.95. The molecule has 52 valence electrons. The van der Waals surface area contributed by atoms with Gasteiger partial charge in [0.05, 0.1) is 0 Å². The highest BCUT2D eigenvalue weighted by Gasteiger charge is 2.22. The van der Waals surface area contributed by atoms with Crippen LogP contribution < -0.4 is 0 Å². The number of hydrogen-bond donors (Lipinski definition) is 0. The molecule has 6 heteroatoms. The lowest BCUT2D eigenvalue weighted by atomic mass is 10.4. The lowest BCUT2D eigenvalue weighted by Crippen LogP contribution is -2.22. The molecule has 0 aromatic carbocycles. The van der Waals surface area contributed by atoms with E-state index in [1.807, 2.05) is 0 Å². The largest absolute Gasteiger partial charge is 0.314 e. The van der Waals surface area contributed by atoms with Crippen molar-refractivity contribution in [2.75, 3.05) is 0 Å². The van der Waals surface area contributed by atoms with E-state index in [1.165, 1.54) is 13.8 Å². The number of rotatable bonds is 4. The van der Waals surface area contributed by atoms with Crippen LogP contribution in [0.2, 0.25) is 0 Å². The van der Waals surface area contributed by atoms with E-state index in [2.05, 4.69) is 20.4 Å². The van der Waals surface area contributed by atoms with Crippen molar-refractivity contribution in [1.82, 2.24) is 0 Å². The predicted molar refractivity (Wildman–Crippen MR) is 27.8 cm³/mol. The second-order valence-corrected chi connectivity index (χ2v) is 1.73. The van der Waals surface area contributed by atoms with Crippen molar-refractivity contribution in [1.29, 1.82) is 0 Å². The first kappa shape index (κ1) is 7.80. The fraction of sp³-hybridized carbons (Fsp3) is 1.00. The Hall–Kier alpha value is -1.20. The van der Waals surface area contributed by atoms with Gasteiger partial charge in [0.2, 0.25) is 0 Å². The van der Waals surface area contributed by atoms with Gasteiger partial charge < -0.3 is 9.68 Å². The van der Waals surface area contributed by atoms with E-state index in [4.69, 9.17) is 0 Å². The maximum absolute atomic E-state index is 9.40. The van der Waals surface area contributed by atoms with Crippen LogP contribution in [0.15, 0.2) is 10.7 Å². The maximum atomic E-state index is 9.40. The first-order valence-electron chi connectivity index (χ1n) is 2.14. The first-order valence-corrected chi connectivity index (χ1v) is 2.14. The van der Waals surface area contributed by atoms with Gasteiger partial charge in [-0.15, -0.1) is 9.81 Å². The van der Waals surface area contributed by atoms with Gasteiger partial charge in [-0.3, -0.25) is 0 Å². The Labute approximate surface area is 51.0 Å². The molecule has 0 aromatic heterocycles. The van der Waals surface area contributed by atoms with Gasteiger partial charge in [0.15, 0.2) is 10.7 Å². The summed E-state index contributed by atoms with van der Waals surface area (Å²) in [7, 11) is 0. The van der Waals surface area contributed by atoms with Crippen molar-refractivity contribution in [3.8, 4) is 0 Å². The van der Waals surface area contributed by atoms with Crippen molar-refractivity contribution in [3.63, 3.8) is 0 Å². The zero-order chi connectivity index (χ0) is 7.33. The molecule has 0 amide bonds. The molecule has 0 radical (unpaired) electrons. The van der Waals surface area contributed by atoms with Gasteiger partial charge in [-0.25, -0.2) is 0 Å². The molecule has 0 rings (SSSR count). The van der Waals surface area contributed by atoms with E-state index < -0.39 is 5.79 Å². The standard InChI is InChI=1S/C3H6N2O4/c1-3(2,8-4-6)9-5-7/h1-2H3. The SMILES string of the molecule is CC(C)(ON=O)ON=O. The third-order valence-electron chi connectivity index (χ3n) is 0.514. The van der Waals surface area contributed by atoms with Crippen LogP contribution in [0.3, 0.4) is 0 Å². The zero-order valence-electron chi connectivity index (χ0n) is 5.03. The van der Waals surface area contributed by atoms with Gasteiger partial charge in [0.1, 0.15) is 0 Å². The van der Waals surface area contributed by atoms with E-state index in [9.17, 15) is 9.81 Å². The minimum Gasteiger partial charge on any atom is -0.314 e. The third-order valence-corrected chi connectivity index (χ3v) is 0.514. The summed E-state index contributed by atoms with van der Waals surface area (Å²) in [5, 5.41) is 4.10. The van der Waals surface area contributed by atoms with Crippen molar-refractivity contribution >= 4 is 0 Å². The summed E-state index contributed by atoms with van der Waals surface area (Å²) in [6.45, 7) is 2.66. The van der Waals surface area contributed by atoms with Crippen LogP contribution >= 0.6 is 0 Å². The molecule has 0 aliphatic rings. The summed E-state index contributed by atoms with van der Waals surface area (Å²) >= 11 is 0. The molecule has 0 atom stereocenters. The van der Waals surface area contributed by atoms with Crippen molar-refractivity contribution in [2.45, 2.75) is 19.6 Å². The third kappa shape index (κ3) is 3.39. The average Bonchev–Trinajstić information content (AvgIpc) is 1.64. The smallest absolute Gasteiger partial charge is 0.300 e. The molecule has 0 N–H and O–H groups in total. The summed E-state index contributed by atoms with van der Waals surface area (Å²) in [4.78, 5) is 26.8. The minimum absolute atomic E-state index is 1.33. The Morgan fingerprint density at radius 2 is 1.44 bits per heavy atom. The molecule has 0 fully saturated rings. The molecule has 0 unspecified atom stereocenters. The molecule has 0 saturated carbocycles. The maximum Gasteiger partial charge on any atom is 0.300 e. The Balaban J connectivity index is 3.68. The van der Waals surface area contributed by atoms with Crippen molar-refractivity contribution < 1.29 is 9.68 Å². The summed E-state index contributed by atoms with van der Waals surface area (Å²) in [5.74, 6) is -1.36. The van der Waals surface area contributed by atoms with E-state index in [-0.39, 0.29) is 0 Å². The molecule has 0 aliphatic carbocycles. The average molecular weight is 134 g/mol.